The predicted molar refractivity (Wildman–Crippen MR) is 81.2 cm³/mol. The minimum absolute atomic E-state index is 0.0185. The third-order valence-electron chi connectivity index (χ3n) is 2.72. The van der Waals surface area contributed by atoms with Crippen molar-refractivity contribution < 1.29 is 4.79 Å². The molecule has 4 heteroatoms. The molecule has 0 aliphatic carbocycles. The van der Waals surface area contributed by atoms with Gasteiger partial charge in [0, 0.05) is 17.9 Å². The first-order chi connectivity index (χ1) is 8.67. The predicted octanol–water partition coefficient (Wildman–Crippen LogP) is 2.49. The van der Waals surface area contributed by atoms with Crippen molar-refractivity contribution in [1.82, 2.24) is 4.90 Å². The van der Waals surface area contributed by atoms with Gasteiger partial charge in [0.2, 0.25) is 5.91 Å². The van der Waals surface area contributed by atoms with E-state index in [1.807, 2.05) is 31.0 Å². The summed E-state index contributed by atoms with van der Waals surface area (Å²) in [6.07, 6.45) is 0. The van der Waals surface area contributed by atoms with E-state index in [-0.39, 0.29) is 11.3 Å². The molecule has 1 rings (SSSR count). The molecule has 0 saturated heterocycles. The lowest BCUT2D eigenvalue weighted by Crippen LogP contribution is -2.35. The molecule has 0 spiro atoms. The molecule has 0 fully saturated rings. The molecule has 1 aromatic carbocycles. The van der Waals surface area contributed by atoms with Crippen molar-refractivity contribution in [1.29, 1.82) is 0 Å². The van der Waals surface area contributed by atoms with Gasteiger partial charge in [-0.3, -0.25) is 9.69 Å². The second kappa shape index (κ2) is 6.06. The Kier molecular flexibility index (Phi) is 4.95. The van der Waals surface area contributed by atoms with E-state index in [9.17, 15) is 4.79 Å². The summed E-state index contributed by atoms with van der Waals surface area (Å²) in [5, 5.41) is 2.87. The van der Waals surface area contributed by atoms with Crippen LogP contribution in [-0.2, 0) is 4.79 Å². The highest BCUT2D eigenvalue weighted by Gasteiger charge is 2.15. The Morgan fingerprint density at radius 1 is 1.37 bits per heavy atom. The number of nitrogens with zero attached hydrogens (tertiary/aromatic N) is 1. The van der Waals surface area contributed by atoms with Crippen LogP contribution in [0, 0.1) is 12.3 Å². The van der Waals surface area contributed by atoms with Crippen molar-refractivity contribution in [3.8, 4) is 0 Å². The minimum atomic E-state index is -0.0185. The summed E-state index contributed by atoms with van der Waals surface area (Å²) >= 11 is 0. The van der Waals surface area contributed by atoms with E-state index in [4.69, 9.17) is 5.73 Å². The smallest absolute Gasteiger partial charge is 0.238 e. The van der Waals surface area contributed by atoms with Gasteiger partial charge in [-0.25, -0.2) is 0 Å². The molecule has 3 N–H and O–H groups in total. The Morgan fingerprint density at radius 2 is 2.00 bits per heavy atom. The molecule has 19 heavy (non-hydrogen) atoms. The number of nitrogens with two attached hydrogens (primary N) is 1. The molecule has 0 aliphatic rings. The molecule has 0 bridgehead atoms. The first-order valence-corrected chi connectivity index (χ1v) is 6.52. The van der Waals surface area contributed by atoms with Crippen molar-refractivity contribution in [2.24, 2.45) is 5.41 Å². The number of likely N-dealkylation sites (N-methyl/N-ethyl adjacent to an activating group) is 1. The number of anilines is 2. The molecule has 1 amide bonds. The second-order valence-corrected chi connectivity index (χ2v) is 6.35. The summed E-state index contributed by atoms with van der Waals surface area (Å²) in [5.41, 5.74) is 8.46. The molecule has 0 unspecified atom stereocenters. The van der Waals surface area contributed by atoms with Gasteiger partial charge in [-0.05, 0) is 37.1 Å². The van der Waals surface area contributed by atoms with E-state index in [1.165, 1.54) is 0 Å². The molecule has 0 aliphatic heterocycles. The highest BCUT2D eigenvalue weighted by Crippen LogP contribution is 2.17. The zero-order valence-electron chi connectivity index (χ0n) is 12.6. The zero-order chi connectivity index (χ0) is 14.6. The van der Waals surface area contributed by atoms with Crippen LogP contribution in [0.1, 0.15) is 26.3 Å². The van der Waals surface area contributed by atoms with E-state index >= 15 is 0 Å². The zero-order valence-corrected chi connectivity index (χ0v) is 12.6. The quantitative estimate of drug-likeness (QED) is 0.821. The number of amides is 1. The Morgan fingerprint density at radius 3 is 2.53 bits per heavy atom. The number of nitrogens with one attached hydrogen (secondary N) is 1. The minimum Gasteiger partial charge on any atom is -0.398 e. The molecular weight excluding hydrogens is 238 g/mol. The van der Waals surface area contributed by atoms with Crippen LogP contribution < -0.4 is 11.1 Å². The third kappa shape index (κ3) is 5.75. The fraction of sp³-hybridized carbons (Fsp3) is 0.533. The summed E-state index contributed by atoms with van der Waals surface area (Å²) in [4.78, 5) is 13.9. The molecule has 0 atom stereocenters. The topological polar surface area (TPSA) is 58.4 Å². The lowest BCUT2D eigenvalue weighted by molar-refractivity contribution is -0.117. The number of benzene rings is 1. The normalized spacial score (nSPS) is 11.7. The maximum absolute atomic E-state index is 11.9. The third-order valence-corrected chi connectivity index (χ3v) is 2.72. The van der Waals surface area contributed by atoms with Gasteiger partial charge in [0.25, 0.3) is 0 Å². The van der Waals surface area contributed by atoms with Crippen LogP contribution in [-0.4, -0.2) is 30.9 Å². The number of hydrogen-bond acceptors (Lipinski definition) is 3. The van der Waals surface area contributed by atoms with Gasteiger partial charge in [-0.1, -0.05) is 26.8 Å². The summed E-state index contributed by atoms with van der Waals surface area (Å²) in [5.74, 6) is -0.0185. The standard InChI is InChI=1S/C15H25N3O/c1-11-6-7-12(8-13(11)16)17-14(19)9-18(5)10-15(2,3)4/h6-8H,9-10,16H2,1-5H3,(H,17,19). The highest BCUT2D eigenvalue weighted by molar-refractivity contribution is 5.92. The lowest BCUT2D eigenvalue weighted by atomic mass is 9.96. The Bertz CT molecular complexity index is 449. The van der Waals surface area contributed by atoms with E-state index in [0.29, 0.717) is 12.2 Å². The molecule has 0 aromatic heterocycles. The van der Waals surface area contributed by atoms with Crippen LogP contribution in [0.25, 0.3) is 0 Å². The van der Waals surface area contributed by atoms with Crippen molar-refractivity contribution in [3.05, 3.63) is 23.8 Å². The number of rotatable bonds is 4. The summed E-state index contributed by atoms with van der Waals surface area (Å²) in [7, 11) is 1.95. The Balaban J connectivity index is 2.53. The number of nitrogen functional groups attached to an aromatic ring is 1. The highest BCUT2D eigenvalue weighted by atomic mass is 16.2. The van der Waals surface area contributed by atoms with Crippen molar-refractivity contribution >= 4 is 17.3 Å². The first-order valence-electron chi connectivity index (χ1n) is 6.52. The van der Waals surface area contributed by atoms with Crippen LogP contribution in [0.15, 0.2) is 18.2 Å². The number of aryl methyl sites for hydroxylation is 1. The molecule has 1 aromatic rings. The monoisotopic (exact) mass is 263 g/mol. The Labute approximate surface area is 116 Å². The SMILES string of the molecule is Cc1ccc(NC(=O)CN(C)CC(C)(C)C)cc1N. The van der Waals surface area contributed by atoms with Crippen molar-refractivity contribution in [3.63, 3.8) is 0 Å². The second-order valence-electron chi connectivity index (χ2n) is 6.35. The van der Waals surface area contributed by atoms with Gasteiger partial charge in [-0.15, -0.1) is 0 Å². The van der Waals surface area contributed by atoms with Crippen LogP contribution >= 0.6 is 0 Å². The van der Waals surface area contributed by atoms with Gasteiger partial charge >= 0.3 is 0 Å². The van der Waals surface area contributed by atoms with E-state index in [0.717, 1.165) is 17.8 Å². The van der Waals surface area contributed by atoms with Gasteiger partial charge in [0.05, 0.1) is 6.54 Å². The molecule has 0 radical (unpaired) electrons. The lowest BCUT2D eigenvalue weighted by Gasteiger charge is -2.25. The summed E-state index contributed by atoms with van der Waals surface area (Å²) in [6.45, 7) is 9.66. The maximum Gasteiger partial charge on any atom is 0.238 e. The molecule has 4 nitrogen and oxygen atoms in total. The van der Waals surface area contributed by atoms with Crippen LogP contribution in [0.2, 0.25) is 0 Å². The van der Waals surface area contributed by atoms with Crippen molar-refractivity contribution in [2.75, 3.05) is 31.2 Å². The summed E-state index contributed by atoms with van der Waals surface area (Å²) < 4.78 is 0. The summed E-state index contributed by atoms with van der Waals surface area (Å²) in [6, 6.07) is 5.56. The van der Waals surface area contributed by atoms with Gasteiger partial charge < -0.3 is 11.1 Å². The largest absolute Gasteiger partial charge is 0.398 e. The molecule has 0 saturated carbocycles. The van der Waals surface area contributed by atoms with Gasteiger partial charge in [0.15, 0.2) is 0 Å². The van der Waals surface area contributed by atoms with Gasteiger partial charge in [-0.2, -0.15) is 0 Å². The molecular formula is C15H25N3O. The average Bonchev–Trinajstić information content (AvgIpc) is 2.20. The number of hydrogen-bond donors (Lipinski definition) is 2. The Hall–Kier alpha value is -1.55. The van der Waals surface area contributed by atoms with Crippen LogP contribution in [0.5, 0.6) is 0 Å². The van der Waals surface area contributed by atoms with E-state index in [1.54, 1.807) is 6.07 Å². The van der Waals surface area contributed by atoms with E-state index in [2.05, 4.69) is 26.1 Å². The van der Waals surface area contributed by atoms with Crippen molar-refractivity contribution in [2.45, 2.75) is 27.7 Å². The van der Waals surface area contributed by atoms with E-state index < -0.39 is 0 Å². The fourth-order valence-electron chi connectivity index (χ4n) is 2.03. The average molecular weight is 263 g/mol. The van der Waals surface area contributed by atoms with Crippen LogP contribution in [0.4, 0.5) is 11.4 Å². The molecule has 106 valence electrons. The number of carbonyl (C=O) groups excluding carboxylic acids is 1. The fourth-order valence-corrected chi connectivity index (χ4v) is 2.03. The first kappa shape index (κ1) is 15.5. The van der Waals surface area contributed by atoms with Gasteiger partial charge in [0.1, 0.15) is 0 Å². The molecule has 0 heterocycles. The number of carbonyl (C=O) groups is 1. The maximum atomic E-state index is 11.9. The van der Waals surface area contributed by atoms with Crippen LogP contribution in [0.3, 0.4) is 0 Å².